The number of aliphatic hydroxyl groups excluding tert-OH is 1. The van der Waals surface area contributed by atoms with Crippen LogP contribution in [0.3, 0.4) is 0 Å². The number of nitrogens with two attached hydrogens (primary N) is 2. The van der Waals surface area contributed by atoms with Crippen molar-refractivity contribution in [3.63, 3.8) is 0 Å². The van der Waals surface area contributed by atoms with Crippen LogP contribution in [0.4, 0.5) is 11.8 Å². The fourth-order valence-electron chi connectivity index (χ4n) is 5.26. The van der Waals surface area contributed by atoms with Crippen molar-refractivity contribution in [1.82, 2.24) is 39.0 Å². The molecule has 8 N–H and O–H groups in total. The van der Waals surface area contributed by atoms with Gasteiger partial charge in [-0.1, -0.05) is 0 Å². The summed E-state index contributed by atoms with van der Waals surface area (Å²) in [5, 5.41) is 11.0. The smallest absolute Gasteiger partial charge is 0.387 e. The van der Waals surface area contributed by atoms with Crippen LogP contribution in [0.5, 0.6) is 0 Å². The van der Waals surface area contributed by atoms with E-state index in [1.165, 1.54) is 17.2 Å². The van der Waals surface area contributed by atoms with E-state index in [4.69, 9.17) is 39.0 Å². The molecule has 0 saturated carbocycles. The largest absolute Gasteiger partial charge is 0.472 e. The monoisotopic (exact) mass is 658 g/mol. The van der Waals surface area contributed by atoms with Gasteiger partial charge in [-0.3, -0.25) is 37.0 Å². The molecule has 3 unspecified atom stereocenters. The highest BCUT2D eigenvalue weighted by Gasteiger charge is 2.52. The number of imidazole rings is 2. The number of nitrogen functional groups attached to an aromatic ring is 2. The lowest BCUT2D eigenvalue weighted by atomic mass is 10.1. The predicted octanol–water partition coefficient (Wildman–Crippen LogP) is -1.31. The third-order valence-corrected chi connectivity index (χ3v) is 9.24. The molecule has 2 bridgehead atoms. The van der Waals surface area contributed by atoms with Gasteiger partial charge in [0.2, 0.25) is 5.95 Å². The van der Waals surface area contributed by atoms with E-state index in [0.29, 0.717) is 5.65 Å². The van der Waals surface area contributed by atoms with E-state index in [9.17, 15) is 28.8 Å². The van der Waals surface area contributed by atoms with Crippen molar-refractivity contribution in [2.45, 2.75) is 49.4 Å². The molecule has 4 aromatic heterocycles. The van der Waals surface area contributed by atoms with Crippen LogP contribution in [0.1, 0.15) is 18.9 Å². The number of aromatic nitrogens is 8. The van der Waals surface area contributed by atoms with Gasteiger partial charge in [-0.05, 0) is 0 Å². The first kappa shape index (κ1) is 29.3. The first-order valence-electron chi connectivity index (χ1n) is 12.8. The van der Waals surface area contributed by atoms with Gasteiger partial charge >= 0.3 is 15.6 Å². The molecule has 7 rings (SSSR count). The second-order valence-electron chi connectivity index (χ2n) is 10.0. The summed E-state index contributed by atoms with van der Waals surface area (Å²) in [4.78, 5) is 56.0. The van der Waals surface area contributed by atoms with E-state index in [1.807, 2.05) is 0 Å². The van der Waals surface area contributed by atoms with Gasteiger partial charge in [0.25, 0.3) is 5.56 Å². The van der Waals surface area contributed by atoms with Crippen molar-refractivity contribution in [3.05, 3.63) is 29.3 Å². The highest BCUT2D eigenvalue weighted by Crippen LogP contribution is 2.53. The van der Waals surface area contributed by atoms with Crippen LogP contribution in [0.15, 0.2) is 23.8 Å². The number of ether oxygens (including phenoxy) is 2. The molecule has 24 heteroatoms. The molecule has 3 saturated heterocycles. The molecule has 0 aliphatic carbocycles. The maximum absolute atomic E-state index is 13.2. The average molecular weight is 658 g/mol. The van der Waals surface area contributed by atoms with Crippen LogP contribution in [0, 0.1) is 0 Å². The number of H-pyrrole nitrogens is 1. The van der Waals surface area contributed by atoms with Gasteiger partial charge in [0.1, 0.15) is 48.6 Å². The van der Waals surface area contributed by atoms with Gasteiger partial charge in [0.05, 0.1) is 25.9 Å². The Morgan fingerprint density at radius 3 is 2.39 bits per heavy atom. The number of phosphoric ester groups is 2. The molecule has 7 heterocycles. The van der Waals surface area contributed by atoms with Gasteiger partial charge < -0.3 is 35.8 Å². The van der Waals surface area contributed by atoms with E-state index < -0.39 is 77.4 Å². The van der Waals surface area contributed by atoms with Gasteiger partial charge in [-0.25, -0.2) is 29.1 Å². The number of aliphatic hydroxyl groups is 1. The molecule has 22 nitrogen and oxygen atoms in total. The van der Waals surface area contributed by atoms with E-state index in [-0.39, 0.29) is 34.9 Å². The van der Waals surface area contributed by atoms with E-state index in [1.54, 1.807) is 0 Å². The summed E-state index contributed by atoms with van der Waals surface area (Å²) in [6.45, 7) is -1.40. The minimum atomic E-state index is -5.01. The Kier molecular flexibility index (Phi) is 7.06. The van der Waals surface area contributed by atoms with E-state index in [2.05, 4.69) is 29.9 Å². The Balaban J connectivity index is 1.19. The lowest BCUT2D eigenvalue weighted by Gasteiger charge is -2.25. The van der Waals surface area contributed by atoms with Crippen molar-refractivity contribution < 1.29 is 51.6 Å². The van der Waals surface area contributed by atoms with Crippen LogP contribution in [-0.4, -0.2) is 97.7 Å². The van der Waals surface area contributed by atoms with E-state index >= 15 is 0 Å². The summed E-state index contributed by atoms with van der Waals surface area (Å²) in [5.41, 5.74) is 11.2. The highest BCUT2D eigenvalue weighted by atomic mass is 31.2. The van der Waals surface area contributed by atoms with Crippen LogP contribution in [0.25, 0.3) is 22.3 Å². The molecular weight excluding hydrogens is 634 g/mol. The lowest BCUT2D eigenvalue weighted by Crippen LogP contribution is -2.35. The van der Waals surface area contributed by atoms with E-state index in [0.717, 1.165) is 10.9 Å². The number of aromatic amines is 1. The van der Waals surface area contributed by atoms with Crippen molar-refractivity contribution in [1.29, 1.82) is 0 Å². The number of hydrogen-bond donors (Lipinski definition) is 6. The van der Waals surface area contributed by atoms with Gasteiger partial charge in [0.15, 0.2) is 28.9 Å². The molecule has 44 heavy (non-hydrogen) atoms. The first-order chi connectivity index (χ1) is 20.9. The van der Waals surface area contributed by atoms with Crippen LogP contribution < -0.4 is 17.0 Å². The lowest BCUT2D eigenvalue weighted by molar-refractivity contribution is -0.0670. The van der Waals surface area contributed by atoms with Crippen molar-refractivity contribution in [2.24, 2.45) is 0 Å². The summed E-state index contributed by atoms with van der Waals surface area (Å²) in [6, 6.07) is 0. The fraction of sp³-hybridized carbons (Fsp3) is 0.500. The van der Waals surface area contributed by atoms with Crippen LogP contribution >= 0.6 is 15.6 Å². The van der Waals surface area contributed by atoms with Gasteiger partial charge in [0, 0.05) is 6.42 Å². The minimum Gasteiger partial charge on any atom is -0.387 e. The first-order valence-corrected chi connectivity index (χ1v) is 15.8. The summed E-state index contributed by atoms with van der Waals surface area (Å²) in [7, 11) is -9.88. The Hall–Kier alpha value is -3.40. The van der Waals surface area contributed by atoms with Crippen LogP contribution in [-0.2, 0) is 36.7 Å². The summed E-state index contributed by atoms with van der Waals surface area (Å²) in [6.07, 6.45) is -5.86. The maximum atomic E-state index is 13.2. The quantitative estimate of drug-likeness (QED) is 0.136. The molecule has 9 atom stereocenters. The molecular formula is C20H24N10O12P2. The Labute approximate surface area is 244 Å². The molecule has 0 amide bonds. The highest BCUT2D eigenvalue weighted by molar-refractivity contribution is 7.47. The van der Waals surface area contributed by atoms with Gasteiger partial charge in [-0.2, -0.15) is 4.98 Å². The number of rotatable bonds is 2. The third kappa shape index (κ3) is 5.18. The predicted molar refractivity (Wildman–Crippen MR) is 142 cm³/mol. The summed E-state index contributed by atoms with van der Waals surface area (Å²) < 4.78 is 61.7. The number of phosphoric acid groups is 2. The number of hydrogen-bond acceptors (Lipinski definition) is 17. The number of anilines is 2. The average Bonchev–Trinajstić information content (AvgIpc) is 3.72. The zero-order chi connectivity index (χ0) is 31.0. The topological polar surface area (TPSA) is 309 Å². The molecule has 0 spiro atoms. The second-order valence-corrected chi connectivity index (χ2v) is 12.8. The Morgan fingerprint density at radius 1 is 0.886 bits per heavy atom. The molecule has 4 aromatic rings. The molecule has 236 valence electrons. The van der Waals surface area contributed by atoms with Crippen molar-refractivity contribution in [2.75, 3.05) is 24.7 Å². The second kappa shape index (κ2) is 10.6. The van der Waals surface area contributed by atoms with Crippen LogP contribution in [0.2, 0.25) is 0 Å². The molecule has 3 aliphatic rings. The number of nitrogens with zero attached hydrogens (tertiary/aromatic N) is 7. The van der Waals surface area contributed by atoms with Gasteiger partial charge in [-0.15, -0.1) is 0 Å². The Morgan fingerprint density at radius 2 is 1.59 bits per heavy atom. The number of nitrogens with one attached hydrogen (secondary N) is 1. The molecule has 0 aromatic carbocycles. The molecule has 3 fully saturated rings. The third-order valence-electron chi connectivity index (χ3n) is 7.24. The summed E-state index contributed by atoms with van der Waals surface area (Å²) >= 11 is 0. The Bertz CT molecular complexity index is 1900. The van der Waals surface area contributed by atoms with Crippen molar-refractivity contribution >= 4 is 49.7 Å². The SMILES string of the molecule is Nc1nc2c(ncn2[C@@H]2O[C@@H]3COP(=O)(O)O[C@@H]4C[C@H](n5cnc6c(N)ncnc65)O[C@@H]4COP(=O)(O)O[C@H]2C3O)c(=O)[nH]1. The van der Waals surface area contributed by atoms with Crippen molar-refractivity contribution in [3.8, 4) is 0 Å². The zero-order valence-electron chi connectivity index (χ0n) is 22.1. The maximum Gasteiger partial charge on any atom is 0.472 e. The normalized spacial score (nSPS) is 36.6. The standard InChI is InChI=1S/C20H24N10O12P2/c21-15-11-16(24-4-23-15)29(5-25-11)10-1-7-8(39-10)2-37-44(35,36)42-14-13(31)9(3-38-43(33,34)41-7)40-19(14)30-6-26-12-17(30)27-20(22)28-18(12)32/h4-10,13-14,19,31H,1-3H2,(H,33,34)(H,35,36)(H2,21,23,24)(H3,22,27,28,32)/t7-,8-,9-,10-,13?,14+,19-/m1/s1. The summed E-state index contributed by atoms with van der Waals surface area (Å²) in [5.74, 6) is -0.145. The number of fused-ring (bicyclic) bond motifs is 5. The fourth-order valence-corrected chi connectivity index (χ4v) is 7.15. The minimum absolute atomic E-state index is 0.0654. The molecule has 0 radical (unpaired) electrons. The molecule has 3 aliphatic heterocycles. The zero-order valence-corrected chi connectivity index (χ0v) is 23.9.